The van der Waals surface area contributed by atoms with Crippen molar-refractivity contribution >= 4 is 17.7 Å². The fourth-order valence-electron chi connectivity index (χ4n) is 1.47. The zero-order valence-electron chi connectivity index (χ0n) is 10.6. The van der Waals surface area contributed by atoms with Gasteiger partial charge in [-0.05, 0) is 32.1 Å². The summed E-state index contributed by atoms with van der Waals surface area (Å²) in [5.41, 5.74) is 5.40. The second-order valence-corrected chi connectivity index (χ2v) is 5.40. The van der Waals surface area contributed by atoms with Gasteiger partial charge in [0.25, 0.3) is 0 Å². The van der Waals surface area contributed by atoms with E-state index in [9.17, 15) is 4.79 Å². The Labute approximate surface area is 104 Å². The van der Waals surface area contributed by atoms with Gasteiger partial charge in [-0.25, -0.2) is 0 Å². The second-order valence-electron chi connectivity index (χ2n) is 4.08. The van der Waals surface area contributed by atoms with Crippen LogP contribution in [0.3, 0.4) is 0 Å². The van der Waals surface area contributed by atoms with E-state index in [1.54, 1.807) is 0 Å². The zero-order chi connectivity index (χ0) is 12.2. The molecular formula is C12H26N2OS. The molecule has 0 bridgehead atoms. The van der Waals surface area contributed by atoms with Crippen LogP contribution in [-0.2, 0) is 4.79 Å². The predicted octanol–water partition coefficient (Wildman–Crippen LogP) is 2.15. The number of carbonyl (C=O) groups is 1. The molecule has 3 N–H and O–H groups in total. The number of nitrogens with one attached hydrogen (secondary N) is 1. The van der Waals surface area contributed by atoms with Crippen molar-refractivity contribution in [3.05, 3.63) is 0 Å². The Bertz CT molecular complexity index is 176. The fraction of sp³-hybridized carbons (Fsp3) is 0.917. The highest BCUT2D eigenvalue weighted by Gasteiger charge is 2.06. The minimum Gasteiger partial charge on any atom is -0.353 e. The lowest BCUT2D eigenvalue weighted by molar-refractivity contribution is -0.121. The Morgan fingerprint density at radius 3 is 2.62 bits per heavy atom. The third-order valence-electron chi connectivity index (χ3n) is 2.34. The summed E-state index contributed by atoms with van der Waals surface area (Å²) in [5.74, 6) is 2.31. The van der Waals surface area contributed by atoms with E-state index < -0.39 is 0 Å². The van der Waals surface area contributed by atoms with Gasteiger partial charge in [0.15, 0.2) is 0 Å². The molecule has 0 aromatic rings. The van der Waals surface area contributed by atoms with Crippen LogP contribution in [0.25, 0.3) is 0 Å². The topological polar surface area (TPSA) is 55.1 Å². The molecule has 0 saturated heterocycles. The van der Waals surface area contributed by atoms with E-state index >= 15 is 0 Å². The SMILES string of the molecule is CCSCC(C)NC(=O)CCCCCCN. The third kappa shape index (κ3) is 10.3. The molecule has 1 atom stereocenters. The Morgan fingerprint density at radius 1 is 1.31 bits per heavy atom. The second kappa shape index (κ2) is 11.3. The van der Waals surface area contributed by atoms with E-state index in [0.29, 0.717) is 12.5 Å². The summed E-state index contributed by atoms with van der Waals surface area (Å²) in [6.45, 7) is 4.96. The van der Waals surface area contributed by atoms with Gasteiger partial charge >= 0.3 is 0 Å². The summed E-state index contributed by atoms with van der Waals surface area (Å²) >= 11 is 1.86. The smallest absolute Gasteiger partial charge is 0.220 e. The quantitative estimate of drug-likeness (QED) is 0.581. The van der Waals surface area contributed by atoms with E-state index in [4.69, 9.17) is 5.73 Å². The molecule has 0 aliphatic heterocycles. The van der Waals surface area contributed by atoms with Gasteiger partial charge in [-0.2, -0.15) is 11.8 Å². The first-order valence-corrected chi connectivity index (χ1v) is 7.43. The Kier molecular flexibility index (Phi) is 11.1. The largest absolute Gasteiger partial charge is 0.353 e. The van der Waals surface area contributed by atoms with Gasteiger partial charge in [-0.15, -0.1) is 0 Å². The van der Waals surface area contributed by atoms with E-state index in [1.807, 2.05) is 11.8 Å². The van der Waals surface area contributed by atoms with Crippen molar-refractivity contribution in [3.63, 3.8) is 0 Å². The number of unbranched alkanes of at least 4 members (excludes halogenated alkanes) is 3. The first-order chi connectivity index (χ1) is 7.70. The molecule has 0 radical (unpaired) electrons. The average molecular weight is 246 g/mol. The summed E-state index contributed by atoms with van der Waals surface area (Å²) in [6, 6.07) is 0.293. The number of hydrogen-bond donors (Lipinski definition) is 2. The van der Waals surface area contributed by atoms with Crippen LogP contribution in [0.5, 0.6) is 0 Å². The lowest BCUT2D eigenvalue weighted by Gasteiger charge is -2.12. The summed E-state index contributed by atoms with van der Waals surface area (Å²) in [6.07, 6.45) is 4.98. The molecule has 1 unspecified atom stereocenters. The van der Waals surface area contributed by atoms with Crippen LogP contribution in [0, 0.1) is 0 Å². The maximum atomic E-state index is 11.5. The number of carbonyl (C=O) groups excluding carboxylic acids is 1. The van der Waals surface area contributed by atoms with Crippen molar-refractivity contribution < 1.29 is 4.79 Å². The maximum Gasteiger partial charge on any atom is 0.220 e. The number of amides is 1. The number of hydrogen-bond acceptors (Lipinski definition) is 3. The van der Waals surface area contributed by atoms with E-state index in [0.717, 1.165) is 43.7 Å². The minimum atomic E-state index is 0.192. The molecule has 0 aliphatic carbocycles. The van der Waals surface area contributed by atoms with Gasteiger partial charge in [0.1, 0.15) is 0 Å². The van der Waals surface area contributed by atoms with E-state index in [1.165, 1.54) is 0 Å². The highest BCUT2D eigenvalue weighted by atomic mass is 32.2. The highest BCUT2D eigenvalue weighted by molar-refractivity contribution is 7.99. The third-order valence-corrected chi connectivity index (χ3v) is 3.48. The monoisotopic (exact) mass is 246 g/mol. The molecular weight excluding hydrogens is 220 g/mol. The van der Waals surface area contributed by atoms with Gasteiger partial charge in [0.2, 0.25) is 5.91 Å². The Balaban J connectivity index is 3.36. The molecule has 0 spiro atoms. The molecule has 0 rings (SSSR count). The van der Waals surface area contributed by atoms with Gasteiger partial charge in [-0.1, -0.05) is 19.8 Å². The zero-order valence-corrected chi connectivity index (χ0v) is 11.4. The fourth-order valence-corrected chi connectivity index (χ4v) is 2.14. The average Bonchev–Trinajstić information content (AvgIpc) is 2.26. The van der Waals surface area contributed by atoms with Crippen molar-refractivity contribution in [2.75, 3.05) is 18.1 Å². The van der Waals surface area contributed by atoms with Crippen molar-refractivity contribution in [2.45, 2.75) is 52.0 Å². The van der Waals surface area contributed by atoms with E-state index in [-0.39, 0.29) is 5.91 Å². The van der Waals surface area contributed by atoms with Crippen LogP contribution >= 0.6 is 11.8 Å². The van der Waals surface area contributed by atoms with Crippen molar-refractivity contribution in [2.24, 2.45) is 5.73 Å². The molecule has 4 heteroatoms. The van der Waals surface area contributed by atoms with Crippen LogP contribution in [0.2, 0.25) is 0 Å². The van der Waals surface area contributed by atoms with Crippen molar-refractivity contribution in [1.82, 2.24) is 5.32 Å². The molecule has 3 nitrogen and oxygen atoms in total. The number of thioether (sulfide) groups is 1. The van der Waals surface area contributed by atoms with Gasteiger partial charge < -0.3 is 11.1 Å². The first-order valence-electron chi connectivity index (χ1n) is 6.27. The van der Waals surface area contributed by atoms with Gasteiger partial charge in [0, 0.05) is 18.2 Å². The molecule has 0 aromatic heterocycles. The van der Waals surface area contributed by atoms with Gasteiger partial charge in [-0.3, -0.25) is 4.79 Å². The molecule has 0 fully saturated rings. The molecule has 0 aliphatic rings. The molecule has 0 aromatic carbocycles. The summed E-state index contributed by atoms with van der Waals surface area (Å²) in [4.78, 5) is 11.5. The number of nitrogens with two attached hydrogens (primary N) is 1. The minimum absolute atomic E-state index is 0.192. The normalized spacial score (nSPS) is 12.4. The first kappa shape index (κ1) is 15.8. The van der Waals surface area contributed by atoms with Gasteiger partial charge in [0.05, 0.1) is 0 Å². The van der Waals surface area contributed by atoms with Crippen LogP contribution in [0.1, 0.15) is 46.0 Å². The van der Waals surface area contributed by atoms with Crippen LogP contribution in [0.4, 0.5) is 0 Å². The molecule has 1 amide bonds. The predicted molar refractivity (Wildman–Crippen MR) is 72.7 cm³/mol. The lowest BCUT2D eigenvalue weighted by atomic mass is 10.1. The maximum absolute atomic E-state index is 11.5. The van der Waals surface area contributed by atoms with Crippen LogP contribution in [-0.4, -0.2) is 30.0 Å². The van der Waals surface area contributed by atoms with E-state index in [2.05, 4.69) is 19.2 Å². The Morgan fingerprint density at radius 2 is 2.00 bits per heavy atom. The number of rotatable bonds is 10. The molecule has 96 valence electrons. The lowest BCUT2D eigenvalue weighted by Crippen LogP contribution is -2.34. The molecule has 0 saturated carbocycles. The highest BCUT2D eigenvalue weighted by Crippen LogP contribution is 2.04. The van der Waals surface area contributed by atoms with Crippen LogP contribution < -0.4 is 11.1 Å². The molecule has 16 heavy (non-hydrogen) atoms. The van der Waals surface area contributed by atoms with Crippen LogP contribution in [0.15, 0.2) is 0 Å². The Hall–Kier alpha value is -0.220. The van der Waals surface area contributed by atoms with Crippen molar-refractivity contribution in [1.29, 1.82) is 0 Å². The summed E-state index contributed by atoms with van der Waals surface area (Å²) < 4.78 is 0. The molecule has 0 heterocycles. The standard InChI is InChI=1S/C12H26N2OS/c1-3-16-10-11(2)14-12(15)8-6-4-5-7-9-13/h11H,3-10,13H2,1-2H3,(H,14,15). The summed E-state index contributed by atoms with van der Waals surface area (Å²) in [5, 5.41) is 3.02. The summed E-state index contributed by atoms with van der Waals surface area (Å²) in [7, 11) is 0. The van der Waals surface area contributed by atoms with Crippen molar-refractivity contribution in [3.8, 4) is 0 Å².